The highest BCUT2D eigenvalue weighted by atomic mass is 16.2. The predicted octanol–water partition coefficient (Wildman–Crippen LogP) is 1.43. The van der Waals surface area contributed by atoms with Crippen molar-refractivity contribution in [3.63, 3.8) is 0 Å². The molecule has 4 heteroatoms. The lowest BCUT2D eigenvalue weighted by Crippen LogP contribution is -2.19. The lowest BCUT2D eigenvalue weighted by atomic mass is 10.1. The van der Waals surface area contributed by atoms with E-state index < -0.39 is 6.03 Å². The number of urea groups is 1. The molecule has 1 aromatic carbocycles. The van der Waals surface area contributed by atoms with Crippen molar-refractivity contribution in [3.8, 4) is 0 Å². The van der Waals surface area contributed by atoms with Crippen LogP contribution >= 0.6 is 0 Å². The van der Waals surface area contributed by atoms with Gasteiger partial charge in [0.15, 0.2) is 0 Å². The number of carbonyl (C=O) groups is 2. The molecular weight excluding hydrogens is 192 g/mol. The third-order valence-corrected chi connectivity index (χ3v) is 2.11. The van der Waals surface area contributed by atoms with Crippen LogP contribution in [0, 0.1) is 0 Å². The van der Waals surface area contributed by atoms with E-state index in [0.717, 1.165) is 0 Å². The van der Waals surface area contributed by atoms with Crippen molar-refractivity contribution in [3.05, 3.63) is 47.3 Å². The first-order chi connectivity index (χ1) is 7.18. The molecule has 75 valence electrons. The Morgan fingerprint density at radius 3 is 2.47 bits per heavy atom. The molecule has 1 aliphatic heterocycles. The second-order valence-electron chi connectivity index (χ2n) is 3.21. The van der Waals surface area contributed by atoms with E-state index >= 15 is 0 Å². The average Bonchev–Trinajstić information content (AvgIpc) is 2.58. The number of hydrogen-bond donors (Lipinski definition) is 1. The number of rotatable bonds is 2. The topological polar surface area (TPSA) is 60.3 Å². The molecule has 1 heterocycles. The van der Waals surface area contributed by atoms with Crippen molar-refractivity contribution in [2.24, 2.45) is 0 Å². The van der Waals surface area contributed by atoms with Gasteiger partial charge >= 0.3 is 6.03 Å². The van der Waals surface area contributed by atoms with Gasteiger partial charge in [0, 0.05) is 11.3 Å². The molecule has 0 unspecified atom stereocenters. The number of Topliss-reactive ketones (excluding diaryl/α,β-unsaturated/α-hetero) is 1. The summed E-state index contributed by atoms with van der Waals surface area (Å²) >= 11 is 0. The molecule has 1 aromatic rings. The predicted molar refractivity (Wildman–Crippen MR) is 54.1 cm³/mol. The molecule has 0 saturated heterocycles. The summed E-state index contributed by atoms with van der Waals surface area (Å²) in [5.41, 5.74) is 1.24. The molecule has 15 heavy (non-hydrogen) atoms. The molecule has 0 aliphatic carbocycles. The fourth-order valence-electron chi connectivity index (χ4n) is 1.38. The van der Waals surface area contributed by atoms with Crippen molar-refractivity contribution >= 4 is 11.8 Å². The van der Waals surface area contributed by atoms with Gasteiger partial charge in [0.25, 0.3) is 0 Å². The average molecular weight is 201 g/mol. The van der Waals surface area contributed by atoms with E-state index in [0.29, 0.717) is 11.3 Å². The number of carbonyl (C=O) groups excluding carboxylic acids is 2. The van der Waals surface area contributed by atoms with E-state index in [1.165, 1.54) is 0 Å². The van der Waals surface area contributed by atoms with Gasteiger partial charge in [-0.2, -0.15) is 5.32 Å². The largest absolute Gasteiger partial charge is 0.345 e. The highest BCUT2D eigenvalue weighted by Crippen LogP contribution is 2.13. The highest BCUT2D eigenvalue weighted by molar-refractivity contribution is 6.12. The normalized spacial score (nSPS) is 14.9. The van der Waals surface area contributed by atoms with E-state index in [1.54, 1.807) is 31.2 Å². The van der Waals surface area contributed by atoms with E-state index in [9.17, 15) is 9.59 Å². The van der Waals surface area contributed by atoms with Crippen molar-refractivity contribution in [1.29, 1.82) is 0 Å². The molecule has 1 aliphatic rings. The molecule has 0 atom stereocenters. The van der Waals surface area contributed by atoms with Crippen LogP contribution in [-0.4, -0.2) is 11.8 Å². The van der Waals surface area contributed by atoms with Gasteiger partial charge in [0.2, 0.25) is 5.78 Å². The molecule has 1 radical (unpaired) electrons. The maximum absolute atomic E-state index is 11.9. The lowest BCUT2D eigenvalue weighted by molar-refractivity contribution is 0.102. The molecule has 2 rings (SSSR count). The summed E-state index contributed by atoms with van der Waals surface area (Å²) in [6.45, 7) is 1.66. The third-order valence-electron chi connectivity index (χ3n) is 2.11. The van der Waals surface area contributed by atoms with Crippen LogP contribution in [0.2, 0.25) is 0 Å². The molecule has 4 nitrogen and oxygen atoms in total. The summed E-state index contributed by atoms with van der Waals surface area (Å²) in [6.07, 6.45) is 0. The minimum Gasteiger partial charge on any atom is -0.308 e. The number of ketones is 1. The molecule has 1 N–H and O–H groups in total. The fraction of sp³-hybridized carbons (Fsp3) is 0.0909. The minimum atomic E-state index is -0.480. The van der Waals surface area contributed by atoms with Gasteiger partial charge in [0.1, 0.15) is 5.70 Å². The first-order valence-electron chi connectivity index (χ1n) is 4.52. The Morgan fingerprint density at radius 2 is 1.93 bits per heavy atom. The van der Waals surface area contributed by atoms with Crippen LogP contribution in [0.25, 0.3) is 0 Å². The summed E-state index contributed by atoms with van der Waals surface area (Å²) in [7, 11) is 0. The van der Waals surface area contributed by atoms with Crippen LogP contribution < -0.4 is 10.6 Å². The van der Waals surface area contributed by atoms with Crippen LogP contribution in [0.3, 0.4) is 0 Å². The van der Waals surface area contributed by atoms with Crippen molar-refractivity contribution in [1.82, 2.24) is 10.6 Å². The monoisotopic (exact) mass is 201 g/mol. The van der Waals surface area contributed by atoms with Gasteiger partial charge in [0.05, 0.1) is 0 Å². The van der Waals surface area contributed by atoms with Crippen molar-refractivity contribution < 1.29 is 9.59 Å². The van der Waals surface area contributed by atoms with Gasteiger partial charge in [-0.05, 0) is 6.92 Å². The molecule has 0 aromatic heterocycles. The van der Waals surface area contributed by atoms with Gasteiger partial charge in [-0.1, -0.05) is 30.3 Å². The highest BCUT2D eigenvalue weighted by Gasteiger charge is 2.25. The smallest absolute Gasteiger partial charge is 0.308 e. The zero-order valence-electron chi connectivity index (χ0n) is 8.15. The van der Waals surface area contributed by atoms with Crippen molar-refractivity contribution in [2.45, 2.75) is 6.92 Å². The Bertz CT molecular complexity index is 449. The third kappa shape index (κ3) is 1.74. The van der Waals surface area contributed by atoms with E-state index in [2.05, 4.69) is 10.6 Å². The Hall–Kier alpha value is -2.10. The van der Waals surface area contributed by atoms with Crippen LogP contribution in [0.1, 0.15) is 17.3 Å². The zero-order valence-corrected chi connectivity index (χ0v) is 8.15. The van der Waals surface area contributed by atoms with Crippen molar-refractivity contribution in [2.75, 3.05) is 0 Å². The van der Waals surface area contributed by atoms with Gasteiger partial charge in [-0.15, -0.1) is 0 Å². The van der Waals surface area contributed by atoms with Gasteiger partial charge in [-0.3, -0.25) is 4.79 Å². The Labute approximate surface area is 87.0 Å². The summed E-state index contributed by atoms with van der Waals surface area (Å²) in [5.74, 6) is -0.230. The molecule has 0 saturated carbocycles. The molecule has 0 spiro atoms. The first-order valence-corrected chi connectivity index (χ1v) is 4.52. The quantitative estimate of drug-likeness (QED) is 0.736. The fourth-order valence-corrected chi connectivity index (χ4v) is 1.38. The number of nitrogens with zero attached hydrogens (tertiary/aromatic N) is 1. The summed E-state index contributed by atoms with van der Waals surface area (Å²) < 4.78 is 0. The summed E-state index contributed by atoms with van der Waals surface area (Å²) in [6, 6.07) is 8.28. The van der Waals surface area contributed by atoms with Crippen LogP contribution in [0.4, 0.5) is 4.79 Å². The zero-order chi connectivity index (χ0) is 10.8. The number of nitrogens with one attached hydrogen (secondary N) is 1. The molecular formula is C11H9N2O2. The molecule has 2 amide bonds. The number of amides is 2. The lowest BCUT2D eigenvalue weighted by Gasteiger charge is -1.99. The molecule has 0 bridgehead atoms. The first kappa shape index (κ1) is 9.45. The van der Waals surface area contributed by atoms with Gasteiger partial charge < -0.3 is 5.32 Å². The standard InChI is InChI=1S/C11H9N2O2/c1-7-9(13-11(15)12-7)10(14)8-5-3-2-4-6-8/h2-6H,1H3,(H,12,15). The Morgan fingerprint density at radius 1 is 1.27 bits per heavy atom. The number of allylic oxidation sites excluding steroid dienone is 2. The number of benzene rings is 1. The second kappa shape index (κ2) is 3.57. The second-order valence-corrected chi connectivity index (χ2v) is 3.21. The summed E-state index contributed by atoms with van der Waals surface area (Å²) in [5, 5.41) is 6.10. The maximum atomic E-state index is 11.9. The Balaban J connectivity index is 2.30. The number of hydrogen-bond acceptors (Lipinski definition) is 2. The SMILES string of the molecule is CC1=C(C(=O)c2ccccc2)[N]C(=O)N1. The maximum Gasteiger partial charge on any atom is 0.345 e. The minimum absolute atomic E-state index is 0.200. The summed E-state index contributed by atoms with van der Waals surface area (Å²) in [4.78, 5) is 22.8. The Kier molecular flexibility index (Phi) is 2.25. The van der Waals surface area contributed by atoms with E-state index in [-0.39, 0.29) is 11.5 Å². The van der Waals surface area contributed by atoms with Crippen LogP contribution in [0.15, 0.2) is 41.7 Å². The van der Waals surface area contributed by atoms with Crippen LogP contribution in [0.5, 0.6) is 0 Å². The molecule has 0 fully saturated rings. The van der Waals surface area contributed by atoms with Crippen LogP contribution in [-0.2, 0) is 0 Å². The van der Waals surface area contributed by atoms with Gasteiger partial charge in [-0.25, -0.2) is 4.79 Å². The van der Waals surface area contributed by atoms with E-state index in [1.807, 2.05) is 6.07 Å². The van der Waals surface area contributed by atoms with E-state index in [4.69, 9.17) is 0 Å².